The number of nitrogens with one attached hydrogen (secondary N) is 1. The van der Waals surface area contributed by atoms with Gasteiger partial charge in [-0.25, -0.2) is 4.83 Å². The Bertz CT molecular complexity index is 690. The second kappa shape index (κ2) is 5.37. The maximum Gasteiger partial charge on any atom is 0.276 e. The van der Waals surface area contributed by atoms with Crippen molar-refractivity contribution in [2.24, 2.45) is 22.4 Å². The van der Waals surface area contributed by atoms with Gasteiger partial charge in [0.25, 0.3) is 10.0 Å². The fraction of sp³-hybridized carbons (Fsp3) is 0.588. The number of nitrogens with zero attached hydrogens (tertiary/aromatic N) is 1. The van der Waals surface area contributed by atoms with E-state index in [-0.39, 0.29) is 4.90 Å². The maximum absolute atomic E-state index is 12.3. The van der Waals surface area contributed by atoms with Gasteiger partial charge in [-0.2, -0.15) is 13.5 Å². The zero-order valence-corrected chi connectivity index (χ0v) is 14.3. The predicted molar refractivity (Wildman–Crippen MR) is 88.2 cm³/mol. The molecule has 1 N–H and O–H groups in total. The lowest BCUT2D eigenvalue weighted by atomic mass is 9.50. The molecular weight excluding hydrogens is 296 g/mol. The van der Waals surface area contributed by atoms with Crippen LogP contribution in [0.3, 0.4) is 0 Å². The van der Waals surface area contributed by atoms with Gasteiger partial charge in [-0.15, -0.1) is 0 Å². The Kier molecular flexibility index (Phi) is 3.79. The molecule has 1 aromatic rings. The van der Waals surface area contributed by atoms with Crippen LogP contribution in [0.15, 0.2) is 34.3 Å². The Morgan fingerprint density at radius 1 is 1.23 bits per heavy atom. The fourth-order valence-electron chi connectivity index (χ4n) is 3.90. The van der Waals surface area contributed by atoms with Gasteiger partial charge in [-0.05, 0) is 56.1 Å². The first-order chi connectivity index (χ1) is 10.3. The molecule has 2 aliphatic carbocycles. The van der Waals surface area contributed by atoms with Gasteiger partial charge in [0.05, 0.1) is 4.90 Å². The number of sulfonamides is 1. The number of hydrogen-bond acceptors (Lipinski definition) is 3. The highest BCUT2D eigenvalue weighted by Gasteiger charge is 2.50. The first-order valence-electron chi connectivity index (χ1n) is 7.94. The second-order valence-electron chi connectivity index (χ2n) is 7.31. The molecule has 0 aliphatic heterocycles. The summed E-state index contributed by atoms with van der Waals surface area (Å²) in [6.45, 7) is 6.53. The van der Waals surface area contributed by atoms with E-state index in [4.69, 9.17) is 0 Å². The maximum atomic E-state index is 12.3. The number of fused-ring (bicyclic) bond motifs is 1. The Balaban J connectivity index is 1.75. The van der Waals surface area contributed by atoms with Crippen molar-refractivity contribution in [2.45, 2.75) is 51.3 Å². The molecule has 1 aromatic carbocycles. The predicted octanol–water partition coefficient (Wildman–Crippen LogP) is 3.48. The summed E-state index contributed by atoms with van der Waals surface area (Å²) in [4.78, 5) is 2.70. The third kappa shape index (κ3) is 2.78. The highest BCUT2D eigenvalue weighted by molar-refractivity contribution is 7.89. The largest absolute Gasteiger partial charge is 0.276 e. The zero-order valence-electron chi connectivity index (χ0n) is 13.5. The van der Waals surface area contributed by atoms with Crippen molar-refractivity contribution in [1.29, 1.82) is 0 Å². The normalized spacial score (nSPS) is 28.8. The van der Waals surface area contributed by atoms with Crippen LogP contribution in [0.5, 0.6) is 0 Å². The van der Waals surface area contributed by atoms with E-state index in [0.29, 0.717) is 17.3 Å². The number of aryl methyl sites for hydroxylation is 1. The average molecular weight is 320 g/mol. The summed E-state index contributed by atoms with van der Waals surface area (Å²) in [6.07, 6.45) is 4.37. The van der Waals surface area contributed by atoms with Crippen molar-refractivity contribution >= 4 is 15.7 Å². The first kappa shape index (κ1) is 15.5. The third-order valence-corrected chi connectivity index (χ3v) is 6.48. The van der Waals surface area contributed by atoms with Crippen LogP contribution in [0, 0.1) is 24.2 Å². The molecular formula is C17H24N2O2S. The van der Waals surface area contributed by atoms with Gasteiger partial charge in [-0.3, -0.25) is 0 Å². The minimum atomic E-state index is -3.56. The van der Waals surface area contributed by atoms with E-state index in [2.05, 4.69) is 23.8 Å². The molecule has 0 unspecified atom stereocenters. The van der Waals surface area contributed by atoms with Crippen molar-refractivity contribution < 1.29 is 8.42 Å². The molecule has 4 nitrogen and oxygen atoms in total. The minimum absolute atomic E-state index is 0.267. The fourth-order valence-corrected chi connectivity index (χ4v) is 4.74. The van der Waals surface area contributed by atoms with Gasteiger partial charge < -0.3 is 0 Å². The van der Waals surface area contributed by atoms with Gasteiger partial charge in [-0.1, -0.05) is 31.5 Å². The summed E-state index contributed by atoms with van der Waals surface area (Å²) in [5.41, 5.74) is 2.45. The summed E-state index contributed by atoms with van der Waals surface area (Å²) in [5.74, 6) is 1.12. The van der Waals surface area contributed by atoms with Crippen LogP contribution >= 0.6 is 0 Å². The highest BCUT2D eigenvalue weighted by atomic mass is 32.2. The first-order valence-corrected chi connectivity index (χ1v) is 9.43. The number of hydrazone groups is 1. The Morgan fingerprint density at radius 2 is 1.91 bits per heavy atom. The van der Waals surface area contributed by atoms with Crippen LogP contribution in [0.1, 0.15) is 45.1 Å². The lowest BCUT2D eigenvalue weighted by molar-refractivity contribution is 0.0117. The molecule has 0 heterocycles. The summed E-state index contributed by atoms with van der Waals surface area (Å²) in [6, 6.07) is 6.83. The summed E-state index contributed by atoms with van der Waals surface area (Å²) < 4.78 is 24.6. The summed E-state index contributed by atoms with van der Waals surface area (Å²) in [5, 5.41) is 4.28. The molecule has 3 rings (SSSR count). The molecule has 120 valence electrons. The lowest BCUT2D eigenvalue weighted by Crippen LogP contribution is -2.50. The Morgan fingerprint density at radius 3 is 2.55 bits per heavy atom. The van der Waals surface area contributed by atoms with E-state index in [0.717, 1.165) is 30.5 Å². The standard InChI is InChI=1S/C17H24N2O2S/c1-12-7-9-13(10-8-12)22(20,21)19-18-16-6-4-5-15-14(16)11-17(15,2)3/h7-10,14-15,19H,4-6,11H2,1-3H3/b18-16-/t14-,15-/m1/s1. The topological polar surface area (TPSA) is 58.5 Å². The van der Waals surface area contributed by atoms with E-state index in [1.807, 2.05) is 6.92 Å². The Hall–Kier alpha value is -1.36. The van der Waals surface area contributed by atoms with Crippen molar-refractivity contribution in [3.8, 4) is 0 Å². The van der Waals surface area contributed by atoms with Crippen molar-refractivity contribution in [3.05, 3.63) is 29.8 Å². The molecule has 0 bridgehead atoms. The van der Waals surface area contributed by atoms with Crippen LogP contribution < -0.4 is 4.83 Å². The summed E-state index contributed by atoms with van der Waals surface area (Å²) >= 11 is 0. The Labute approximate surface area is 133 Å². The average Bonchev–Trinajstić information content (AvgIpc) is 2.45. The van der Waals surface area contributed by atoms with E-state index >= 15 is 0 Å². The molecule has 22 heavy (non-hydrogen) atoms. The van der Waals surface area contributed by atoms with Gasteiger partial charge in [0, 0.05) is 11.6 Å². The molecule has 2 saturated carbocycles. The van der Waals surface area contributed by atoms with Crippen molar-refractivity contribution in [2.75, 3.05) is 0 Å². The van der Waals surface area contributed by atoms with Crippen LogP contribution in [0.25, 0.3) is 0 Å². The van der Waals surface area contributed by atoms with Gasteiger partial charge in [0.15, 0.2) is 0 Å². The van der Waals surface area contributed by atoms with Gasteiger partial charge in [0.1, 0.15) is 0 Å². The molecule has 0 spiro atoms. The molecule has 2 aliphatic rings. The van der Waals surface area contributed by atoms with Crippen LogP contribution in [0.2, 0.25) is 0 Å². The zero-order chi connectivity index (χ0) is 16.0. The molecule has 0 radical (unpaired) electrons. The van der Waals surface area contributed by atoms with Crippen LogP contribution in [0.4, 0.5) is 0 Å². The van der Waals surface area contributed by atoms with Crippen molar-refractivity contribution in [3.63, 3.8) is 0 Å². The van der Waals surface area contributed by atoms with Crippen LogP contribution in [-0.2, 0) is 10.0 Å². The SMILES string of the molecule is Cc1ccc(S(=O)(=O)N/N=C2/CCC[C@@H]3[C@H]2CC3(C)C)cc1. The molecule has 5 heteroatoms. The van der Waals surface area contributed by atoms with E-state index in [1.54, 1.807) is 24.3 Å². The quantitative estimate of drug-likeness (QED) is 0.867. The number of hydrogen-bond donors (Lipinski definition) is 1. The molecule has 0 aromatic heterocycles. The molecule has 0 amide bonds. The monoisotopic (exact) mass is 320 g/mol. The van der Waals surface area contributed by atoms with Crippen molar-refractivity contribution in [1.82, 2.24) is 4.83 Å². The molecule has 2 atom stereocenters. The smallest absolute Gasteiger partial charge is 0.200 e. The lowest BCUT2D eigenvalue weighted by Gasteiger charge is -2.54. The van der Waals surface area contributed by atoms with Gasteiger partial charge >= 0.3 is 0 Å². The highest BCUT2D eigenvalue weighted by Crippen LogP contribution is 2.55. The molecule has 0 saturated heterocycles. The van der Waals surface area contributed by atoms with Crippen LogP contribution in [-0.4, -0.2) is 14.1 Å². The molecule has 2 fully saturated rings. The third-order valence-electron chi connectivity index (χ3n) is 5.25. The second-order valence-corrected chi connectivity index (χ2v) is 8.97. The minimum Gasteiger partial charge on any atom is -0.200 e. The number of benzene rings is 1. The van der Waals surface area contributed by atoms with E-state index in [1.165, 1.54) is 6.42 Å². The number of rotatable bonds is 3. The van der Waals surface area contributed by atoms with E-state index < -0.39 is 10.0 Å². The summed E-state index contributed by atoms with van der Waals surface area (Å²) in [7, 11) is -3.56. The van der Waals surface area contributed by atoms with Gasteiger partial charge in [0.2, 0.25) is 0 Å². The van der Waals surface area contributed by atoms with E-state index in [9.17, 15) is 8.42 Å².